The van der Waals surface area contributed by atoms with E-state index < -0.39 is 0 Å². The second kappa shape index (κ2) is 8.60. The highest BCUT2D eigenvalue weighted by Crippen LogP contribution is 2.29. The molecule has 0 unspecified atom stereocenters. The Morgan fingerprint density at radius 3 is 2.65 bits per heavy atom. The van der Waals surface area contributed by atoms with Crippen molar-refractivity contribution in [2.45, 2.75) is 6.92 Å². The summed E-state index contributed by atoms with van der Waals surface area (Å²) in [5.74, 6) is 0.819. The van der Waals surface area contributed by atoms with Gasteiger partial charge in [0.1, 0.15) is 26.8 Å². The lowest BCUT2D eigenvalue weighted by Gasteiger charge is -2.34. The van der Waals surface area contributed by atoms with Crippen LogP contribution >= 0.6 is 22.7 Å². The van der Waals surface area contributed by atoms with Gasteiger partial charge in [-0.25, -0.2) is 15.0 Å². The minimum Gasteiger partial charge on any atom is -0.494 e. The second-order valence-electron chi connectivity index (χ2n) is 7.10. The molecular formula is C22H21N5O2S2. The lowest BCUT2D eigenvalue weighted by molar-refractivity contribution is 0.0742. The molecule has 1 saturated heterocycles. The average Bonchev–Trinajstić information content (AvgIpc) is 3.47. The van der Waals surface area contributed by atoms with E-state index in [1.807, 2.05) is 53.6 Å². The first-order valence-corrected chi connectivity index (χ1v) is 11.9. The van der Waals surface area contributed by atoms with Crippen LogP contribution in [-0.4, -0.2) is 58.5 Å². The Kier molecular flexibility index (Phi) is 5.52. The van der Waals surface area contributed by atoms with Gasteiger partial charge in [0.15, 0.2) is 5.13 Å². The third kappa shape index (κ3) is 4.11. The van der Waals surface area contributed by atoms with Crippen LogP contribution in [0.25, 0.3) is 20.9 Å². The standard InChI is InChI=1S/C22H21N5O2S2/c1-2-29-16-7-5-15(6-8-16)19-24-18(14-30-19)21(28)26-10-12-27(13-11-26)22-25-17-4-3-9-23-20(17)31-22/h3-9,14H,2,10-13H2,1H3. The number of hydrogen-bond donors (Lipinski definition) is 0. The topological polar surface area (TPSA) is 71.5 Å². The highest BCUT2D eigenvalue weighted by Gasteiger charge is 2.25. The normalized spacial score (nSPS) is 14.2. The number of carbonyl (C=O) groups is 1. The summed E-state index contributed by atoms with van der Waals surface area (Å²) in [7, 11) is 0. The average molecular weight is 452 g/mol. The summed E-state index contributed by atoms with van der Waals surface area (Å²) >= 11 is 3.08. The zero-order chi connectivity index (χ0) is 21.2. The summed E-state index contributed by atoms with van der Waals surface area (Å²) in [4.78, 5) is 31.7. The van der Waals surface area contributed by atoms with Gasteiger partial charge in [0.05, 0.1) is 6.61 Å². The van der Waals surface area contributed by atoms with Gasteiger partial charge in [-0.15, -0.1) is 11.3 Å². The van der Waals surface area contributed by atoms with Gasteiger partial charge in [-0.1, -0.05) is 11.3 Å². The number of carbonyl (C=O) groups excluding carboxylic acids is 1. The van der Waals surface area contributed by atoms with Crippen LogP contribution < -0.4 is 9.64 Å². The molecule has 9 heteroatoms. The van der Waals surface area contributed by atoms with Crippen molar-refractivity contribution in [3.63, 3.8) is 0 Å². The summed E-state index contributed by atoms with van der Waals surface area (Å²) in [5, 5.41) is 3.65. The van der Waals surface area contributed by atoms with Crippen LogP contribution in [0.2, 0.25) is 0 Å². The molecule has 4 heterocycles. The molecule has 4 aromatic rings. The number of ether oxygens (including phenoxy) is 1. The third-order valence-corrected chi connectivity index (χ3v) is 7.06. The van der Waals surface area contributed by atoms with E-state index in [9.17, 15) is 4.79 Å². The molecule has 0 bridgehead atoms. The summed E-state index contributed by atoms with van der Waals surface area (Å²) in [6.45, 7) is 5.40. The van der Waals surface area contributed by atoms with Gasteiger partial charge in [-0.2, -0.15) is 0 Å². The molecule has 158 valence electrons. The number of hydrogen-bond acceptors (Lipinski definition) is 8. The fourth-order valence-corrected chi connectivity index (χ4v) is 5.28. The zero-order valence-corrected chi connectivity index (χ0v) is 18.7. The number of amides is 1. The molecule has 0 spiro atoms. The van der Waals surface area contributed by atoms with Crippen molar-refractivity contribution in [2.75, 3.05) is 37.7 Å². The van der Waals surface area contributed by atoms with E-state index in [-0.39, 0.29) is 5.91 Å². The third-order valence-electron chi connectivity index (χ3n) is 5.13. The largest absolute Gasteiger partial charge is 0.494 e. The molecule has 1 aliphatic rings. The number of rotatable bonds is 5. The summed E-state index contributed by atoms with van der Waals surface area (Å²) < 4.78 is 5.49. The molecule has 0 N–H and O–H groups in total. The van der Waals surface area contributed by atoms with Crippen LogP contribution in [0.5, 0.6) is 5.75 Å². The van der Waals surface area contributed by atoms with Crippen LogP contribution in [0.15, 0.2) is 48.0 Å². The second-order valence-corrected chi connectivity index (χ2v) is 8.91. The maximum absolute atomic E-state index is 13.0. The van der Waals surface area contributed by atoms with Crippen LogP contribution in [0.1, 0.15) is 17.4 Å². The Hall–Kier alpha value is -3.04. The van der Waals surface area contributed by atoms with Crippen molar-refractivity contribution in [3.05, 3.63) is 53.7 Å². The number of fused-ring (bicyclic) bond motifs is 1. The monoisotopic (exact) mass is 451 g/mol. The molecule has 0 saturated carbocycles. The lowest BCUT2D eigenvalue weighted by Crippen LogP contribution is -2.48. The first kappa shape index (κ1) is 19.9. The number of aromatic nitrogens is 3. The molecule has 3 aromatic heterocycles. The van der Waals surface area contributed by atoms with Crippen molar-refractivity contribution < 1.29 is 9.53 Å². The number of thiazole rings is 2. The van der Waals surface area contributed by atoms with Gasteiger partial charge >= 0.3 is 0 Å². The van der Waals surface area contributed by atoms with Crippen molar-refractivity contribution in [1.82, 2.24) is 19.9 Å². The molecular weight excluding hydrogens is 430 g/mol. The van der Waals surface area contributed by atoms with Gasteiger partial charge in [0.25, 0.3) is 5.91 Å². The van der Waals surface area contributed by atoms with Gasteiger partial charge < -0.3 is 14.5 Å². The minimum atomic E-state index is -0.0148. The Labute approximate surface area is 188 Å². The lowest BCUT2D eigenvalue weighted by atomic mass is 10.2. The predicted octanol–water partition coefficient (Wildman–Crippen LogP) is 4.18. The molecule has 1 fully saturated rings. The maximum atomic E-state index is 13.0. The van der Waals surface area contributed by atoms with Gasteiger partial charge in [-0.3, -0.25) is 4.79 Å². The Morgan fingerprint density at radius 2 is 1.90 bits per heavy atom. The van der Waals surface area contributed by atoms with Crippen molar-refractivity contribution in [1.29, 1.82) is 0 Å². The van der Waals surface area contributed by atoms with Crippen molar-refractivity contribution in [2.24, 2.45) is 0 Å². The van der Waals surface area contributed by atoms with E-state index in [2.05, 4.69) is 19.9 Å². The molecule has 1 aromatic carbocycles. The number of nitrogens with zero attached hydrogens (tertiary/aromatic N) is 5. The highest BCUT2D eigenvalue weighted by atomic mass is 32.1. The van der Waals surface area contributed by atoms with Gasteiger partial charge in [-0.05, 0) is 43.3 Å². The maximum Gasteiger partial charge on any atom is 0.273 e. The first-order valence-electron chi connectivity index (χ1n) is 10.2. The Bertz CT molecular complexity index is 1160. The molecule has 0 radical (unpaired) electrons. The number of benzene rings is 1. The molecule has 1 amide bonds. The predicted molar refractivity (Wildman–Crippen MR) is 124 cm³/mol. The van der Waals surface area contributed by atoms with Gasteiger partial charge in [0.2, 0.25) is 0 Å². The summed E-state index contributed by atoms with van der Waals surface area (Å²) in [6.07, 6.45) is 1.79. The van der Waals surface area contributed by atoms with Crippen molar-refractivity contribution in [3.8, 4) is 16.3 Å². The van der Waals surface area contributed by atoms with Crippen LogP contribution in [0.4, 0.5) is 5.13 Å². The van der Waals surface area contributed by atoms with Crippen LogP contribution in [-0.2, 0) is 0 Å². The van der Waals surface area contributed by atoms with E-state index in [1.54, 1.807) is 17.5 Å². The van der Waals surface area contributed by atoms with E-state index in [0.717, 1.165) is 44.9 Å². The smallest absolute Gasteiger partial charge is 0.273 e. The molecule has 0 atom stereocenters. The number of piperazine rings is 1. The summed E-state index contributed by atoms with van der Waals surface area (Å²) in [5.41, 5.74) is 2.42. The Balaban J connectivity index is 1.23. The van der Waals surface area contributed by atoms with E-state index in [4.69, 9.17) is 4.74 Å². The molecule has 5 rings (SSSR count). The number of pyridine rings is 1. The molecule has 1 aliphatic heterocycles. The highest BCUT2D eigenvalue weighted by molar-refractivity contribution is 7.21. The van der Waals surface area contributed by atoms with E-state index in [1.165, 1.54) is 11.3 Å². The van der Waals surface area contributed by atoms with Crippen molar-refractivity contribution >= 4 is 44.1 Å². The van der Waals surface area contributed by atoms with E-state index in [0.29, 0.717) is 25.4 Å². The zero-order valence-electron chi connectivity index (χ0n) is 17.0. The SMILES string of the molecule is CCOc1ccc(-c2nc(C(=O)N3CCN(c4nc5cccnc5s4)CC3)cs2)cc1. The number of anilines is 1. The summed E-state index contributed by atoms with van der Waals surface area (Å²) in [6, 6.07) is 11.7. The fourth-order valence-electron chi connectivity index (χ4n) is 3.52. The Morgan fingerprint density at radius 1 is 1.10 bits per heavy atom. The molecule has 0 aliphatic carbocycles. The van der Waals surface area contributed by atoms with Crippen LogP contribution in [0, 0.1) is 0 Å². The minimum absolute atomic E-state index is 0.0148. The van der Waals surface area contributed by atoms with Gasteiger partial charge in [0, 0.05) is 43.3 Å². The van der Waals surface area contributed by atoms with E-state index >= 15 is 0 Å². The quantitative estimate of drug-likeness (QED) is 0.453. The first-order chi connectivity index (χ1) is 15.2. The molecule has 7 nitrogen and oxygen atoms in total. The molecule has 31 heavy (non-hydrogen) atoms. The van der Waals surface area contributed by atoms with Crippen LogP contribution in [0.3, 0.4) is 0 Å². The fraction of sp³-hybridized carbons (Fsp3) is 0.273.